The Bertz CT molecular complexity index is 901. The van der Waals surface area contributed by atoms with Crippen LogP contribution in [-0.4, -0.2) is 81.7 Å². The second-order valence-electron chi connectivity index (χ2n) is 6.84. The van der Waals surface area contributed by atoms with Crippen LogP contribution in [0.2, 0.25) is 0 Å². The Kier molecular flexibility index (Phi) is 14.8. The Labute approximate surface area is 201 Å². The Balaban J connectivity index is 0.00000135. The summed E-state index contributed by atoms with van der Waals surface area (Å²) in [5, 5.41) is 12.8. The number of ether oxygens (including phenoxy) is 2. The summed E-state index contributed by atoms with van der Waals surface area (Å²) < 4.78 is 42.2. The number of nitrogens with one attached hydrogen (secondary N) is 1. The summed E-state index contributed by atoms with van der Waals surface area (Å²) >= 11 is 0. The Morgan fingerprint density at radius 3 is 2.00 bits per heavy atom. The van der Waals surface area contributed by atoms with Crippen molar-refractivity contribution in [2.45, 2.75) is 34.1 Å². The molecule has 34 heavy (non-hydrogen) atoms. The zero-order valence-electron chi connectivity index (χ0n) is 20.5. The van der Waals surface area contributed by atoms with Gasteiger partial charge in [0, 0.05) is 6.54 Å². The van der Waals surface area contributed by atoms with Crippen molar-refractivity contribution < 1.29 is 41.3 Å². The van der Waals surface area contributed by atoms with Crippen LogP contribution < -0.4 is 14.8 Å². The van der Waals surface area contributed by atoms with Gasteiger partial charge in [0.25, 0.3) is 5.91 Å². The minimum Gasteiger partial charge on any atom is -0.726 e. The normalized spacial score (nSPS) is 11.5. The van der Waals surface area contributed by atoms with Gasteiger partial charge in [-0.15, -0.1) is 0 Å². The van der Waals surface area contributed by atoms with Crippen LogP contribution in [0.15, 0.2) is 17.7 Å². The van der Waals surface area contributed by atoms with E-state index in [0.717, 1.165) is 26.1 Å². The van der Waals surface area contributed by atoms with Crippen LogP contribution in [0.1, 0.15) is 39.7 Å². The fraction of sp³-hybridized carbons (Fsp3) is 0.545. The smallest absolute Gasteiger partial charge is 0.254 e. The van der Waals surface area contributed by atoms with E-state index in [-0.39, 0.29) is 35.2 Å². The van der Waals surface area contributed by atoms with Crippen molar-refractivity contribution in [1.82, 2.24) is 10.2 Å². The van der Waals surface area contributed by atoms with Gasteiger partial charge in [-0.05, 0) is 63.7 Å². The second kappa shape index (κ2) is 16.0. The monoisotopic (exact) mass is 503 g/mol. The number of Topliss-reactive ketones (excluding diaryl/α,β-unsaturated/α-hetero) is 1. The number of carbonyl (C=O) groups excluding carboxylic acids is 2. The molecule has 0 saturated heterocycles. The number of nitrogens with zero attached hydrogens (tertiary/aromatic N) is 1. The molecular weight excluding hydrogens is 468 g/mol. The highest BCUT2D eigenvalue weighted by Crippen LogP contribution is 2.37. The average Bonchev–Trinajstić information content (AvgIpc) is 2.77. The van der Waals surface area contributed by atoms with E-state index >= 15 is 0 Å². The van der Waals surface area contributed by atoms with Crippen LogP contribution in [-0.2, 0) is 24.2 Å². The molecule has 12 heteroatoms. The lowest BCUT2D eigenvalue weighted by Crippen LogP contribution is -2.31. The number of amides is 1. The van der Waals surface area contributed by atoms with E-state index in [1.165, 1.54) is 46.3 Å². The van der Waals surface area contributed by atoms with Crippen molar-refractivity contribution >= 4 is 28.2 Å². The summed E-state index contributed by atoms with van der Waals surface area (Å²) in [6, 6.07) is 3.07. The van der Waals surface area contributed by atoms with Crippen molar-refractivity contribution in [1.29, 1.82) is 0 Å². The number of hydrogen-bond acceptors (Lipinski definition) is 10. The Hall–Kier alpha value is -2.67. The van der Waals surface area contributed by atoms with Gasteiger partial charge in [0.05, 0.1) is 26.4 Å². The first-order valence-electron chi connectivity index (χ1n) is 10.7. The van der Waals surface area contributed by atoms with Crippen LogP contribution in [0.25, 0.3) is 6.08 Å². The highest BCUT2D eigenvalue weighted by atomic mass is 32.3. The lowest BCUT2D eigenvalue weighted by molar-refractivity contribution is -0.121. The van der Waals surface area contributed by atoms with E-state index < -0.39 is 16.3 Å². The molecule has 1 rings (SSSR count). The van der Waals surface area contributed by atoms with Gasteiger partial charge in [-0.1, -0.05) is 13.8 Å². The first kappa shape index (κ1) is 31.3. The maximum Gasteiger partial charge on any atom is 0.254 e. The van der Waals surface area contributed by atoms with Crippen molar-refractivity contribution in [3.05, 3.63) is 23.3 Å². The maximum absolute atomic E-state index is 12.4. The van der Waals surface area contributed by atoms with E-state index in [1.807, 2.05) is 0 Å². The van der Waals surface area contributed by atoms with Crippen LogP contribution in [0.5, 0.6) is 17.2 Å². The van der Waals surface area contributed by atoms with Crippen molar-refractivity contribution in [3.8, 4) is 17.2 Å². The first-order chi connectivity index (χ1) is 15.9. The molecule has 0 aliphatic carbocycles. The molecule has 1 aromatic carbocycles. The van der Waals surface area contributed by atoms with Gasteiger partial charge in [0.2, 0.25) is 16.1 Å². The van der Waals surface area contributed by atoms with Crippen LogP contribution >= 0.6 is 0 Å². The molecule has 0 radical (unpaired) electrons. The molecule has 0 unspecified atom stereocenters. The zero-order valence-corrected chi connectivity index (χ0v) is 21.4. The highest BCUT2D eigenvalue weighted by Gasteiger charge is 2.16. The van der Waals surface area contributed by atoms with Gasteiger partial charge in [-0.2, -0.15) is 0 Å². The average molecular weight is 504 g/mol. The molecule has 2 N–H and O–H groups in total. The molecule has 1 amide bonds. The third-order valence-corrected chi connectivity index (χ3v) is 5.05. The number of aromatic hydroxyl groups is 1. The van der Waals surface area contributed by atoms with Gasteiger partial charge >= 0.3 is 0 Å². The first-order valence-corrected chi connectivity index (χ1v) is 12.1. The van der Waals surface area contributed by atoms with E-state index in [2.05, 4.69) is 28.2 Å². The summed E-state index contributed by atoms with van der Waals surface area (Å²) in [4.78, 5) is 26.6. The number of ketones is 1. The summed E-state index contributed by atoms with van der Waals surface area (Å²) in [6.45, 7) is 10.2. The predicted octanol–water partition coefficient (Wildman–Crippen LogP) is 1.71. The molecule has 0 fully saturated rings. The number of carbonyl (C=O) groups is 2. The molecule has 0 atom stereocenters. The molecule has 0 bridgehead atoms. The molecule has 0 saturated carbocycles. The van der Waals surface area contributed by atoms with E-state index in [4.69, 9.17) is 9.47 Å². The van der Waals surface area contributed by atoms with Crippen LogP contribution in [0, 0.1) is 0 Å². The molecule has 11 nitrogen and oxygen atoms in total. The molecule has 194 valence electrons. The number of phenols is 1. The van der Waals surface area contributed by atoms with E-state index in [1.54, 1.807) is 0 Å². The van der Waals surface area contributed by atoms with Crippen molar-refractivity contribution in [2.75, 3.05) is 47.0 Å². The van der Waals surface area contributed by atoms with Crippen LogP contribution in [0.4, 0.5) is 0 Å². The number of methoxy groups -OCH3 is 2. The van der Waals surface area contributed by atoms with Crippen molar-refractivity contribution in [3.63, 3.8) is 0 Å². The number of rotatable bonds is 13. The topological polar surface area (TPSA) is 155 Å². The minimum atomic E-state index is -4.42. The summed E-state index contributed by atoms with van der Waals surface area (Å²) in [5.74, 6) is -0.510. The quantitative estimate of drug-likeness (QED) is 0.101. The van der Waals surface area contributed by atoms with Crippen molar-refractivity contribution in [2.24, 2.45) is 0 Å². The SMILES string of the molecule is CCN(CC)CCCNC(=O)/C(=C\c1cc(OC)c(O)c(OC)c1)C(C)=O.CCOS(=O)(=O)[O-]. The third kappa shape index (κ3) is 12.0. The number of phenolic OH excluding ortho intramolecular Hbond substituents is 1. The van der Waals surface area contributed by atoms with E-state index in [9.17, 15) is 27.7 Å². The lowest BCUT2D eigenvalue weighted by Gasteiger charge is -2.17. The van der Waals surface area contributed by atoms with Gasteiger partial charge < -0.3 is 29.3 Å². The molecular formula is C22H35N2O9S-. The highest BCUT2D eigenvalue weighted by molar-refractivity contribution is 7.80. The summed E-state index contributed by atoms with van der Waals surface area (Å²) in [5.41, 5.74) is 0.553. The Morgan fingerprint density at radius 2 is 1.65 bits per heavy atom. The van der Waals surface area contributed by atoms with Crippen LogP contribution in [0.3, 0.4) is 0 Å². The predicted molar refractivity (Wildman–Crippen MR) is 127 cm³/mol. The lowest BCUT2D eigenvalue weighted by atomic mass is 10.1. The van der Waals surface area contributed by atoms with Gasteiger partial charge in [-0.3, -0.25) is 13.8 Å². The van der Waals surface area contributed by atoms with Gasteiger partial charge in [0.15, 0.2) is 17.3 Å². The molecule has 0 spiro atoms. The van der Waals surface area contributed by atoms with E-state index in [0.29, 0.717) is 12.1 Å². The zero-order chi connectivity index (χ0) is 26.3. The molecule has 0 aromatic heterocycles. The fourth-order valence-electron chi connectivity index (χ4n) is 2.77. The minimum absolute atomic E-state index is 0.0348. The van der Waals surface area contributed by atoms with Gasteiger partial charge in [0.1, 0.15) is 0 Å². The summed E-state index contributed by atoms with van der Waals surface area (Å²) in [7, 11) is -1.60. The molecule has 0 heterocycles. The Morgan fingerprint density at radius 1 is 1.12 bits per heavy atom. The standard InChI is InChI=1S/C20H30N2O5.C2H6O4S/c1-6-22(7-2)10-8-9-21-20(25)16(14(3)23)11-15-12-17(26-4)19(24)18(13-15)27-5;1-2-6-7(3,4)5/h11-13,24H,6-10H2,1-5H3,(H,21,25);2H2,1H3,(H,3,4,5)/p-1/b16-11-;. The largest absolute Gasteiger partial charge is 0.726 e. The second-order valence-corrected chi connectivity index (χ2v) is 7.89. The number of benzene rings is 1. The molecule has 0 aliphatic heterocycles. The van der Waals surface area contributed by atoms with Gasteiger partial charge in [-0.25, -0.2) is 8.42 Å². The molecule has 1 aromatic rings. The summed E-state index contributed by atoms with van der Waals surface area (Å²) in [6.07, 6.45) is 2.27. The third-order valence-electron chi connectivity index (χ3n) is 4.53. The fourth-order valence-corrected chi connectivity index (χ4v) is 3.06. The maximum atomic E-state index is 12.4. The molecule has 0 aliphatic rings. The number of hydrogen-bond donors (Lipinski definition) is 2.